The number of nitrogens with two attached hydrogens (primary N) is 1. The van der Waals surface area contributed by atoms with Gasteiger partial charge in [-0.3, -0.25) is 4.79 Å². The second kappa shape index (κ2) is 8.71. The first-order valence-corrected chi connectivity index (χ1v) is 8.56. The van der Waals surface area contributed by atoms with Crippen LogP contribution in [0.5, 0.6) is 0 Å². The third-order valence-electron chi connectivity index (χ3n) is 4.77. The monoisotopic (exact) mass is 297 g/mol. The lowest BCUT2D eigenvalue weighted by molar-refractivity contribution is -0.144. The topological polar surface area (TPSA) is 58.8 Å². The summed E-state index contributed by atoms with van der Waals surface area (Å²) in [7, 11) is 0. The first-order chi connectivity index (χ1) is 10.2. The zero-order chi connectivity index (χ0) is 15.1. The van der Waals surface area contributed by atoms with E-state index in [1.807, 2.05) is 6.92 Å². The number of nitrogens with zero attached hydrogens (tertiary/aromatic N) is 2. The highest BCUT2D eigenvalue weighted by atomic mass is 16.5. The molecule has 2 saturated heterocycles. The van der Waals surface area contributed by atoms with E-state index in [0.29, 0.717) is 13.0 Å². The van der Waals surface area contributed by atoms with Gasteiger partial charge in [0.15, 0.2) is 0 Å². The molecule has 21 heavy (non-hydrogen) atoms. The molecular formula is C16H31N3O2. The molecule has 0 radical (unpaired) electrons. The highest BCUT2D eigenvalue weighted by Crippen LogP contribution is 2.20. The van der Waals surface area contributed by atoms with Crippen molar-refractivity contribution in [2.45, 2.75) is 45.1 Å². The van der Waals surface area contributed by atoms with Crippen molar-refractivity contribution in [2.24, 2.45) is 11.7 Å². The predicted octanol–water partition coefficient (Wildman–Crippen LogP) is 1.07. The van der Waals surface area contributed by atoms with Crippen molar-refractivity contribution >= 4 is 5.97 Å². The number of rotatable bonds is 7. The van der Waals surface area contributed by atoms with Crippen LogP contribution < -0.4 is 5.73 Å². The van der Waals surface area contributed by atoms with Gasteiger partial charge in [0.25, 0.3) is 0 Å². The van der Waals surface area contributed by atoms with Gasteiger partial charge in [-0.15, -0.1) is 0 Å². The van der Waals surface area contributed by atoms with Gasteiger partial charge < -0.3 is 20.3 Å². The van der Waals surface area contributed by atoms with Crippen LogP contribution in [0, 0.1) is 5.92 Å². The molecule has 2 aliphatic heterocycles. The van der Waals surface area contributed by atoms with Crippen LogP contribution >= 0.6 is 0 Å². The Morgan fingerprint density at radius 1 is 1.19 bits per heavy atom. The molecule has 0 saturated carbocycles. The lowest BCUT2D eigenvalue weighted by Crippen LogP contribution is -2.41. The minimum absolute atomic E-state index is 0.263. The average molecular weight is 297 g/mol. The van der Waals surface area contributed by atoms with Crippen LogP contribution in [0.1, 0.15) is 39.0 Å². The Morgan fingerprint density at radius 2 is 1.86 bits per heavy atom. The second-order valence-corrected chi connectivity index (χ2v) is 6.44. The van der Waals surface area contributed by atoms with Gasteiger partial charge in [-0.2, -0.15) is 0 Å². The predicted molar refractivity (Wildman–Crippen MR) is 84.1 cm³/mol. The van der Waals surface area contributed by atoms with E-state index in [2.05, 4.69) is 9.80 Å². The van der Waals surface area contributed by atoms with Crippen molar-refractivity contribution in [2.75, 3.05) is 45.9 Å². The molecule has 1 unspecified atom stereocenters. The molecule has 122 valence electrons. The molecule has 1 atom stereocenters. The Hall–Kier alpha value is -0.650. The van der Waals surface area contributed by atoms with E-state index in [0.717, 1.165) is 25.6 Å². The number of carbonyl (C=O) groups excluding carboxylic acids is 1. The highest BCUT2D eigenvalue weighted by molar-refractivity contribution is 5.75. The number of esters is 1. The lowest BCUT2D eigenvalue weighted by atomic mass is 9.96. The number of hydrogen-bond donors (Lipinski definition) is 1. The molecule has 5 nitrogen and oxygen atoms in total. The van der Waals surface area contributed by atoms with Crippen LogP contribution in [0.4, 0.5) is 0 Å². The number of piperidine rings is 1. The zero-order valence-electron chi connectivity index (χ0n) is 13.4. The average Bonchev–Trinajstić information content (AvgIpc) is 2.99. The maximum absolute atomic E-state index is 11.5. The Kier molecular flexibility index (Phi) is 6.93. The summed E-state index contributed by atoms with van der Waals surface area (Å²) >= 11 is 0. The first kappa shape index (κ1) is 16.7. The third-order valence-corrected chi connectivity index (χ3v) is 4.77. The van der Waals surface area contributed by atoms with Gasteiger partial charge in [-0.05, 0) is 71.1 Å². The van der Waals surface area contributed by atoms with Gasteiger partial charge >= 0.3 is 5.97 Å². The molecule has 2 N–H and O–H groups in total. The van der Waals surface area contributed by atoms with E-state index in [1.165, 1.54) is 45.3 Å². The Labute approximate surface area is 128 Å². The fourth-order valence-corrected chi connectivity index (χ4v) is 3.41. The van der Waals surface area contributed by atoms with E-state index < -0.39 is 6.04 Å². The number of ether oxygens (including phenoxy) is 1. The summed E-state index contributed by atoms with van der Waals surface area (Å²) in [5, 5.41) is 0. The molecule has 0 spiro atoms. The van der Waals surface area contributed by atoms with E-state index in [4.69, 9.17) is 10.5 Å². The fourth-order valence-electron chi connectivity index (χ4n) is 3.41. The molecule has 2 rings (SSSR count). The van der Waals surface area contributed by atoms with Crippen LogP contribution in [0.2, 0.25) is 0 Å². The van der Waals surface area contributed by atoms with Crippen LogP contribution in [0.25, 0.3) is 0 Å². The van der Waals surface area contributed by atoms with Gasteiger partial charge in [0, 0.05) is 13.1 Å². The lowest BCUT2D eigenvalue weighted by Gasteiger charge is -2.34. The highest BCUT2D eigenvalue weighted by Gasteiger charge is 2.23. The summed E-state index contributed by atoms with van der Waals surface area (Å²) in [6.45, 7) is 9.32. The van der Waals surface area contributed by atoms with Crippen molar-refractivity contribution in [1.82, 2.24) is 9.80 Å². The molecular weight excluding hydrogens is 266 g/mol. The quantitative estimate of drug-likeness (QED) is 0.713. The summed E-state index contributed by atoms with van der Waals surface area (Å²) in [6, 6.07) is -0.465. The first-order valence-electron chi connectivity index (χ1n) is 8.56. The van der Waals surface area contributed by atoms with Crippen molar-refractivity contribution in [3.05, 3.63) is 0 Å². The minimum Gasteiger partial charge on any atom is -0.465 e. The van der Waals surface area contributed by atoms with Crippen LogP contribution in [0.15, 0.2) is 0 Å². The molecule has 5 heteroatoms. The van der Waals surface area contributed by atoms with Crippen LogP contribution in [0.3, 0.4) is 0 Å². The summed E-state index contributed by atoms with van der Waals surface area (Å²) < 4.78 is 4.95. The van der Waals surface area contributed by atoms with Gasteiger partial charge in [-0.1, -0.05) is 0 Å². The molecule has 2 fully saturated rings. The van der Waals surface area contributed by atoms with E-state index in [1.54, 1.807) is 0 Å². The smallest absolute Gasteiger partial charge is 0.322 e. The van der Waals surface area contributed by atoms with Crippen molar-refractivity contribution in [3.63, 3.8) is 0 Å². The van der Waals surface area contributed by atoms with Gasteiger partial charge in [0.1, 0.15) is 6.04 Å². The van der Waals surface area contributed by atoms with E-state index >= 15 is 0 Å². The molecule has 0 aliphatic carbocycles. The zero-order valence-corrected chi connectivity index (χ0v) is 13.4. The normalized spacial score (nSPS) is 23.3. The molecule has 0 amide bonds. The fraction of sp³-hybridized carbons (Fsp3) is 0.938. The maximum atomic E-state index is 11.5. The summed E-state index contributed by atoms with van der Waals surface area (Å²) in [6.07, 6.45) is 6.03. The van der Waals surface area contributed by atoms with Crippen molar-refractivity contribution in [3.8, 4) is 0 Å². The molecule has 0 aromatic carbocycles. The molecule has 0 aromatic heterocycles. The van der Waals surface area contributed by atoms with Crippen LogP contribution in [-0.2, 0) is 9.53 Å². The Balaban J connectivity index is 1.59. The third kappa shape index (κ3) is 5.57. The largest absolute Gasteiger partial charge is 0.465 e. The van der Waals surface area contributed by atoms with Gasteiger partial charge in [-0.25, -0.2) is 0 Å². The SMILES string of the molecule is CCOC(=O)C(N)CCN1CCC(CN2CCCC2)CC1. The molecule has 2 heterocycles. The number of likely N-dealkylation sites (tertiary alicyclic amines) is 2. The maximum Gasteiger partial charge on any atom is 0.322 e. The number of carbonyl (C=O) groups is 1. The minimum atomic E-state index is -0.465. The van der Waals surface area contributed by atoms with E-state index in [-0.39, 0.29) is 5.97 Å². The molecule has 2 aliphatic rings. The summed E-state index contributed by atoms with van der Waals surface area (Å²) in [5.41, 5.74) is 5.85. The Morgan fingerprint density at radius 3 is 2.48 bits per heavy atom. The van der Waals surface area contributed by atoms with E-state index in [9.17, 15) is 4.79 Å². The van der Waals surface area contributed by atoms with Crippen LogP contribution in [-0.4, -0.2) is 67.7 Å². The van der Waals surface area contributed by atoms with Gasteiger partial charge in [0.05, 0.1) is 6.61 Å². The molecule has 0 aromatic rings. The summed E-state index contributed by atoms with van der Waals surface area (Å²) in [4.78, 5) is 16.6. The number of hydrogen-bond acceptors (Lipinski definition) is 5. The van der Waals surface area contributed by atoms with Gasteiger partial charge in [0.2, 0.25) is 0 Å². The molecule has 0 bridgehead atoms. The van der Waals surface area contributed by atoms with Crippen molar-refractivity contribution < 1.29 is 9.53 Å². The van der Waals surface area contributed by atoms with Crippen molar-refractivity contribution in [1.29, 1.82) is 0 Å². The standard InChI is InChI=1S/C16H31N3O2/c1-2-21-16(20)15(17)7-12-18-10-5-14(6-11-18)13-19-8-3-4-9-19/h14-15H,2-13,17H2,1H3. The summed E-state index contributed by atoms with van der Waals surface area (Å²) in [5.74, 6) is 0.597. The Bertz CT molecular complexity index is 311. The second-order valence-electron chi connectivity index (χ2n) is 6.44.